The van der Waals surface area contributed by atoms with Crippen molar-refractivity contribution in [2.75, 3.05) is 27.1 Å². The summed E-state index contributed by atoms with van der Waals surface area (Å²) in [5, 5.41) is 9.62. The number of nitrogens with zero attached hydrogens (tertiary/aromatic N) is 2. The second kappa shape index (κ2) is 6.28. The number of nitrogens with two attached hydrogens (primary N) is 1. The van der Waals surface area contributed by atoms with Crippen LogP contribution in [0.4, 0.5) is 5.82 Å². The van der Waals surface area contributed by atoms with E-state index in [1.54, 1.807) is 27.4 Å². The molecule has 0 spiro atoms. The smallest absolute Gasteiger partial charge is 0.164 e. The summed E-state index contributed by atoms with van der Waals surface area (Å²) in [5.41, 5.74) is 9.97. The minimum atomic E-state index is 0.255. The van der Waals surface area contributed by atoms with Crippen LogP contribution in [0.3, 0.4) is 0 Å². The Kier molecular flexibility index (Phi) is 4.17. The fourth-order valence-electron chi connectivity index (χ4n) is 3.24. The first kappa shape index (κ1) is 15.9. The molecule has 0 unspecified atom stereocenters. The Morgan fingerprint density at radius 1 is 1.04 bits per heavy atom. The van der Waals surface area contributed by atoms with E-state index in [1.807, 2.05) is 6.07 Å². The summed E-state index contributed by atoms with van der Waals surface area (Å²) in [6.45, 7) is 0. The van der Waals surface area contributed by atoms with E-state index in [1.165, 1.54) is 0 Å². The van der Waals surface area contributed by atoms with Gasteiger partial charge in [-0.1, -0.05) is 0 Å². The van der Waals surface area contributed by atoms with Crippen molar-refractivity contribution in [2.24, 2.45) is 0 Å². The van der Waals surface area contributed by atoms with E-state index in [9.17, 15) is 5.26 Å². The molecule has 24 heavy (non-hydrogen) atoms. The van der Waals surface area contributed by atoms with Crippen molar-refractivity contribution in [1.82, 2.24) is 4.98 Å². The summed E-state index contributed by atoms with van der Waals surface area (Å²) in [6, 6.07) is 5.78. The quantitative estimate of drug-likeness (QED) is 0.929. The second-order valence-corrected chi connectivity index (χ2v) is 5.55. The summed E-state index contributed by atoms with van der Waals surface area (Å²) < 4.78 is 16.3. The number of nitriles is 1. The Balaban J connectivity index is 2.36. The molecule has 0 atom stereocenters. The molecule has 1 aromatic carbocycles. The molecule has 0 radical (unpaired) electrons. The number of methoxy groups -OCH3 is 3. The number of fused-ring (bicyclic) bond motifs is 1. The van der Waals surface area contributed by atoms with Gasteiger partial charge in [-0.2, -0.15) is 5.26 Å². The molecule has 1 aliphatic carbocycles. The van der Waals surface area contributed by atoms with Crippen LogP contribution in [0.1, 0.15) is 23.2 Å². The molecule has 0 bridgehead atoms. The lowest BCUT2D eigenvalue weighted by Crippen LogP contribution is -2.05. The zero-order valence-corrected chi connectivity index (χ0v) is 14.0. The van der Waals surface area contributed by atoms with Crippen LogP contribution < -0.4 is 19.9 Å². The Hall–Kier alpha value is -2.94. The maximum atomic E-state index is 9.62. The van der Waals surface area contributed by atoms with Gasteiger partial charge in [0, 0.05) is 22.9 Å². The Morgan fingerprint density at radius 3 is 2.33 bits per heavy atom. The SMILES string of the molecule is COc1cc(OC)c(-c2c(C#N)c(N)nc3c2CCC3)cc1OC. The summed E-state index contributed by atoms with van der Waals surface area (Å²) in [4.78, 5) is 4.40. The van der Waals surface area contributed by atoms with Gasteiger partial charge in [0.25, 0.3) is 0 Å². The molecule has 1 heterocycles. The topological polar surface area (TPSA) is 90.4 Å². The van der Waals surface area contributed by atoms with Crippen LogP contribution in [0.25, 0.3) is 11.1 Å². The molecule has 2 aromatic rings. The molecular formula is C18H19N3O3. The number of pyridine rings is 1. The van der Waals surface area contributed by atoms with E-state index in [4.69, 9.17) is 19.9 Å². The van der Waals surface area contributed by atoms with Gasteiger partial charge < -0.3 is 19.9 Å². The van der Waals surface area contributed by atoms with Gasteiger partial charge >= 0.3 is 0 Å². The summed E-state index contributed by atoms with van der Waals surface area (Å²) in [5.74, 6) is 1.99. The first-order valence-electron chi connectivity index (χ1n) is 7.66. The molecule has 0 amide bonds. The maximum absolute atomic E-state index is 9.62. The van der Waals surface area contributed by atoms with Crippen molar-refractivity contribution < 1.29 is 14.2 Å². The van der Waals surface area contributed by atoms with Gasteiger partial charge in [-0.05, 0) is 30.9 Å². The molecule has 1 aliphatic rings. The number of anilines is 1. The predicted molar refractivity (Wildman–Crippen MR) is 90.5 cm³/mol. The highest BCUT2D eigenvalue weighted by Crippen LogP contribution is 2.45. The predicted octanol–water partition coefficient (Wildman–Crippen LogP) is 2.72. The first-order valence-corrected chi connectivity index (χ1v) is 7.66. The molecule has 2 N–H and O–H groups in total. The highest BCUT2D eigenvalue weighted by molar-refractivity contribution is 5.84. The van der Waals surface area contributed by atoms with Crippen molar-refractivity contribution >= 4 is 5.82 Å². The molecule has 6 heteroatoms. The van der Waals surface area contributed by atoms with E-state index in [0.29, 0.717) is 22.8 Å². The lowest BCUT2D eigenvalue weighted by molar-refractivity contribution is 0.349. The lowest BCUT2D eigenvalue weighted by Gasteiger charge is -2.18. The molecule has 0 aliphatic heterocycles. The minimum absolute atomic E-state index is 0.255. The van der Waals surface area contributed by atoms with Crippen LogP contribution in [0, 0.1) is 11.3 Å². The number of nitrogen functional groups attached to an aromatic ring is 1. The first-order chi connectivity index (χ1) is 11.6. The van der Waals surface area contributed by atoms with E-state index >= 15 is 0 Å². The summed E-state index contributed by atoms with van der Waals surface area (Å²) >= 11 is 0. The van der Waals surface area contributed by atoms with Crippen LogP contribution in [-0.4, -0.2) is 26.3 Å². The molecule has 0 saturated carbocycles. The second-order valence-electron chi connectivity index (χ2n) is 5.55. The zero-order chi connectivity index (χ0) is 17.3. The van der Waals surface area contributed by atoms with Crippen LogP contribution in [0.2, 0.25) is 0 Å². The molecule has 6 nitrogen and oxygen atoms in total. The van der Waals surface area contributed by atoms with Gasteiger partial charge in [0.1, 0.15) is 23.2 Å². The minimum Gasteiger partial charge on any atom is -0.496 e. The van der Waals surface area contributed by atoms with E-state index in [2.05, 4.69) is 11.1 Å². The number of aryl methyl sites for hydroxylation is 1. The lowest BCUT2D eigenvalue weighted by atomic mass is 9.93. The van der Waals surface area contributed by atoms with Gasteiger partial charge in [-0.3, -0.25) is 0 Å². The van der Waals surface area contributed by atoms with Crippen molar-refractivity contribution in [3.63, 3.8) is 0 Å². The van der Waals surface area contributed by atoms with Crippen molar-refractivity contribution in [3.05, 3.63) is 29.0 Å². The van der Waals surface area contributed by atoms with E-state index in [-0.39, 0.29) is 5.82 Å². The average molecular weight is 325 g/mol. The molecule has 0 saturated heterocycles. The number of hydrogen-bond acceptors (Lipinski definition) is 6. The average Bonchev–Trinajstić information content (AvgIpc) is 3.07. The van der Waals surface area contributed by atoms with Crippen LogP contribution in [-0.2, 0) is 12.8 Å². The van der Waals surface area contributed by atoms with Crippen LogP contribution >= 0.6 is 0 Å². The van der Waals surface area contributed by atoms with Crippen LogP contribution in [0.5, 0.6) is 17.2 Å². The van der Waals surface area contributed by atoms with Crippen LogP contribution in [0.15, 0.2) is 12.1 Å². The monoisotopic (exact) mass is 325 g/mol. The van der Waals surface area contributed by atoms with E-state index < -0.39 is 0 Å². The zero-order valence-electron chi connectivity index (χ0n) is 14.0. The van der Waals surface area contributed by atoms with Gasteiger partial charge in [-0.15, -0.1) is 0 Å². The van der Waals surface area contributed by atoms with Crippen molar-refractivity contribution in [3.8, 4) is 34.4 Å². The van der Waals surface area contributed by atoms with Gasteiger partial charge in [-0.25, -0.2) is 4.98 Å². The molecule has 3 rings (SSSR count). The number of aromatic nitrogens is 1. The standard InChI is InChI=1S/C18H19N3O3/c1-22-14-8-16(24-3)15(23-2)7-11(14)17-10-5-4-6-13(10)21-18(20)12(17)9-19/h7-8H,4-6H2,1-3H3,(H2,20,21). The summed E-state index contributed by atoms with van der Waals surface area (Å²) in [7, 11) is 4.73. The Morgan fingerprint density at radius 2 is 1.71 bits per heavy atom. The third-order valence-corrected chi connectivity index (χ3v) is 4.34. The van der Waals surface area contributed by atoms with Gasteiger partial charge in [0.05, 0.1) is 21.3 Å². The fourth-order valence-corrected chi connectivity index (χ4v) is 3.24. The third kappa shape index (κ3) is 2.38. The van der Waals surface area contributed by atoms with Crippen molar-refractivity contribution in [2.45, 2.75) is 19.3 Å². The number of hydrogen-bond donors (Lipinski definition) is 1. The molecular weight excluding hydrogens is 306 g/mol. The van der Waals surface area contributed by atoms with E-state index in [0.717, 1.165) is 41.6 Å². The van der Waals surface area contributed by atoms with Crippen molar-refractivity contribution in [1.29, 1.82) is 5.26 Å². The number of benzene rings is 1. The summed E-state index contributed by atoms with van der Waals surface area (Å²) in [6.07, 6.45) is 2.73. The maximum Gasteiger partial charge on any atom is 0.164 e. The van der Waals surface area contributed by atoms with Gasteiger partial charge in [0.2, 0.25) is 0 Å². The molecule has 124 valence electrons. The molecule has 1 aromatic heterocycles. The Bertz CT molecular complexity index is 840. The number of ether oxygens (including phenoxy) is 3. The third-order valence-electron chi connectivity index (χ3n) is 4.34. The normalized spacial score (nSPS) is 12.4. The van der Waals surface area contributed by atoms with Gasteiger partial charge in [0.15, 0.2) is 11.5 Å². The number of rotatable bonds is 4. The highest BCUT2D eigenvalue weighted by atomic mass is 16.5. The molecule has 0 fully saturated rings. The fraction of sp³-hybridized carbons (Fsp3) is 0.333. The Labute approximate surface area is 140 Å². The largest absolute Gasteiger partial charge is 0.496 e. The highest BCUT2D eigenvalue weighted by Gasteiger charge is 2.26.